The topological polar surface area (TPSA) is 29.5 Å². The van der Waals surface area contributed by atoms with E-state index < -0.39 is 0 Å². The first-order valence-corrected chi connectivity index (χ1v) is 6.30. The number of methoxy groups -OCH3 is 1. The molecule has 14 heavy (non-hydrogen) atoms. The Kier molecular flexibility index (Phi) is 3.04. The number of rotatable bonds is 1. The zero-order chi connectivity index (χ0) is 10.1. The highest BCUT2D eigenvalue weighted by Gasteiger charge is 2.23. The second-order valence-electron chi connectivity index (χ2n) is 3.17. The summed E-state index contributed by atoms with van der Waals surface area (Å²) in [7, 11) is 1.66. The van der Waals surface area contributed by atoms with Crippen LogP contribution in [0.25, 0.3) is 0 Å². The van der Waals surface area contributed by atoms with Crippen molar-refractivity contribution in [1.82, 2.24) is 0 Å². The number of aliphatic hydroxyl groups is 1. The lowest BCUT2D eigenvalue weighted by Gasteiger charge is -2.24. The first-order valence-electron chi connectivity index (χ1n) is 4.35. The van der Waals surface area contributed by atoms with Crippen molar-refractivity contribution in [3.8, 4) is 5.75 Å². The summed E-state index contributed by atoms with van der Waals surface area (Å²) < 4.78 is 6.24. The SMILES string of the molecule is COc1ccc(Br)c2c1CSC[C@@H]2O. The number of benzene rings is 1. The van der Waals surface area contributed by atoms with Crippen LogP contribution in [0.15, 0.2) is 16.6 Å². The van der Waals surface area contributed by atoms with E-state index in [1.54, 1.807) is 18.9 Å². The molecule has 0 spiro atoms. The van der Waals surface area contributed by atoms with E-state index in [2.05, 4.69) is 15.9 Å². The van der Waals surface area contributed by atoms with Gasteiger partial charge in [-0.25, -0.2) is 0 Å². The van der Waals surface area contributed by atoms with Crippen molar-refractivity contribution in [2.75, 3.05) is 12.9 Å². The van der Waals surface area contributed by atoms with Gasteiger partial charge >= 0.3 is 0 Å². The quantitative estimate of drug-likeness (QED) is 0.854. The number of hydrogen-bond donors (Lipinski definition) is 1. The summed E-state index contributed by atoms with van der Waals surface area (Å²) in [6, 6.07) is 3.86. The van der Waals surface area contributed by atoms with Crippen molar-refractivity contribution in [1.29, 1.82) is 0 Å². The summed E-state index contributed by atoms with van der Waals surface area (Å²) in [5.41, 5.74) is 2.11. The van der Waals surface area contributed by atoms with Crippen molar-refractivity contribution in [3.63, 3.8) is 0 Å². The van der Waals surface area contributed by atoms with Gasteiger partial charge < -0.3 is 9.84 Å². The molecule has 1 aromatic carbocycles. The van der Waals surface area contributed by atoms with Crippen LogP contribution in [0.4, 0.5) is 0 Å². The van der Waals surface area contributed by atoms with Gasteiger partial charge in [-0.2, -0.15) is 11.8 Å². The summed E-state index contributed by atoms with van der Waals surface area (Å²) in [4.78, 5) is 0. The van der Waals surface area contributed by atoms with E-state index in [0.29, 0.717) is 0 Å². The molecule has 2 nitrogen and oxygen atoms in total. The molecule has 0 amide bonds. The van der Waals surface area contributed by atoms with E-state index in [1.807, 2.05) is 12.1 Å². The van der Waals surface area contributed by atoms with Crippen LogP contribution >= 0.6 is 27.7 Å². The average Bonchev–Trinajstić information content (AvgIpc) is 2.18. The van der Waals surface area contributed by atoms with Gasteiger partial charge in [-0.1, -0.05) is 15.9 Å². The molecule has 0 aliphatic carbocycles. The van der Waals surface area contributed by atoms with Gasteiger partial charge in [0.25, 0.3) is 0 Å². The molecule has 0 unspecified atom stereocenters. The third-order valence-electron chi connectivity index (χ3n) is 2.34. The Morgan fingerprint density at radius 1 is 1.57 bits per heavy atom. The minimum Gasteiger partial charge on any atom is -0.496 e. The number of hydrogen-bond acceptors (Lipinski definition) is 3. The molecule has 0 radical (unpaired) electrons. The van der Waals surface area contributed by atoms with Crippen LogP contribution in [0.1, 0.15) is 17.2 Å². The molecule has 0 fully saturated rings. The zero-order valence-electron chi connectivity index (χ0n) is 7.79. The number of ether oxygens (including phenoxy) is 1. The van der Waals surface area contributed by atoms with Gasteiger partial charge in [0.2, 0.25) is 0 Å². The van der Waals surface area contributed by atoms with Crippen LogP contribution in [0.2, 0.25) is 0 Å². The van der Waals surface area contributed by atoms with Crippen molar-refractivity contribution >= 4 is 27.7 Å². The lowest BCUT2D eigenvalue weighted by molar-refractivity contribution is 0.200. The smallest absolute Gasteiger partial charge is 0.123 e. The molecule has 0 bridgehead atoms. The third-order valence-corrected chi connectivity index (χ3v) is 4.07. The number of fused-ring (bicyclic) bond motifs is 1. The fourth-order valence-electron chi connectivity index (χ4n) is 1.67. The molecular formula is C10H11BrO2S. The predicted octanol–water partition coefficient (Wildman–Crippen LogP) is 2.74. The Morgan fingerprint density at radius 2 is 2.36 bits per heavy atom. The van der Waals surface area contributed by atoms with Crippen LogP contribution < -0.4 is 4.74 Å². The molecular weight excluding hydrogens is 264 g/mol. The second kappa shape index (κ2) is 4.13. The first-order chi connectivity index (χ1) is 6.74. The van der Waals surface area contributed by atoms with Gasteiger partial charge in [-0.3, -0.25) is 0 Å². The maximum atomic E-state index is 9.86. The molecule has 2 rings (SSSR count). The maximum Gasteiger partial charge on any atom is 0.123 e. The Labute approximate surface area is 95.8 Å². The van der Waals surface area contributed by atoms with E-state index in [9.17, 15) is 5.11 Å². The number of aliphatic hydroxyl groups excluding tert-OH is 1. The van der Waals surface area contributed by atoms with Crippen LogP contribution in [0, 0.1) is 0 Å². The minimum absolute atomic E-state index is 0.381. The molecule has 1 aromatic rings. The molecule has 1 N–H and O–H groups in total. The molecule has 76 valence electrons. The summed E-state index contributed by atoms with van der Waals surface area (Å²) in [5, 5.41) is 9.86. The average molecular weight is 275 g/mol. The normalized spacial score (nSPS) is 20.4. The molecule has 4 heteroatoms. The summed E-state index contributed by atoms with van der Waals surface area (Å²) in [5.74, 6) is 2.54. The molecule has 1 atom stereocenters. The van der Waals surface area contributed by atoms with Crippen LogP contribution in [-0.4, -0.2) is 18.0 Å². The van der Waals surface area contributed by atoms with Gasteiger partial charge in [0, 0.05) is 27.1 Å². The highest BCUT2D eigenvalue weighted by Crippen LogP contribution is 2.40. The minimum atomic E-state index is -0.381. The molecule has 1 aliphatic rings. The highest BCUT2D eigenvalue weighted by molar-refractivity contribution is 9.10. The van der Waals surface area contributed by atoms with Gasteiger partial charge in [-0.05, 0) is 12.1 Å². The lowest BCUT2D eigenvalue weighted by atomic mass is 10.0. The van der Waals surface area contributed by atoms with Crippen LogP contribution in [0.5, 0.6) is 5.75 Å². The van der Waals surface area contributed by atoms with E-state index >= 15 is 0 Å². The van der Waals surface area contributed by atoms with Gasteiger partial charge in [0.1, 0.15) is 5.75 Å². The van der Waals surface area contributed by atoms with Crippen LogP contribution in [-0.2, 0) is 5.75 Å². The lowest BCUT2D eigenvalue weighted by Crippen LogP contribution is -2.11. The maximum absolute atomic E-state index is 9.86. The second-order valence-corrected chi connectivity index (χ2v) is 5.06. The van der Waals surface area contributed by atoms with Crippen molar-refractivity contribution in [2.24, 2.45) is 0 Å². The molecule has 0 aromatic heterocycles. The van der Waals surface area contributed by atoms with Crippen molar-refractivity contribution in [2.45, 2.75) is 11.9 Å². The zero-order valence-corrected chi connectivity index (χ0v) is 10.2. The Bertz CT molecular complexity index is 354. The van der Waals surface area contributed by atoms with E-state index in [1.165, 1.54) is 0 Å². The molecule has 0 saturated carbocycles. The highest BCUT2D eigenvalue weighted by atomic mass is 79.9. The van der Waals surface area contributed by atoms with Gasteiger partial charge in [0.05, 0.1) is 13.2 Å². The molecule has 1 heterocycles. The molecule has 0 saturated heterocycles. The van der Waals surface area contributed by atoms with Crippen molar-refractivity contribution < 1.29 is 9.84 Å². The largest absolute Gasteiger partial charge is 0.496 e. The fourth-order valence-corrected chi connectivity index (χ4v) is 3.32. The van der Waals surface area contributed by atoms with Gasteiger partial charge in [-0.15, -0.1) is 0 Å². The fraction of sp³-hybridized carbons (Fsp3) is 0.400. The monoisotopic (exact) mass is 274 g/mol. The standard InChI is InChI=1S/C10H11BrO2S/c1-13-9-3-2-7(11)10-6(9)4-14-5-8(10)12/h2-3,8,12H,4-5H2,1H3/t8-/m0/s1. The third kappa shape index (κ3) is 1.66. The first kappa shape index (κ1) is 10.3. The summed E-state index contributed by atoms with van der Waals surface area (Å²) in [6.45, 7) is 0. The van der Waals surface area contributed by atoms with E-state index in [-0.39, 0.29) is 6.10 Å². The predicted molar refractivity (Wildman–Crippen MR) is 61.8 cm³/mol. The summed E-state index contributed by atoms with van der Waals surface area (Å²) in [6.07, 6.45) is -0.381. The number of halogens is 1. The van der Waals surface area contributed by atoms with E-state index in [4.69, 9.17) is 4.74 Å². The van der Waals surface area contributed by atoms with Gasteiger partial charge in [0.15, 0.2) is 0 Å². The molecule has 1 aliphatic heterocycles. The Morgan fingerprint density at radius 3 is 3.07 bits per heavy atom. The Hall–Kier alpha value is -0.190. The van der Waals surface area contributed by atoms with E-state index in [0.717, 1.165) is 32.9 Å². The Balaban J connectivity index is 2.57. The summed E-state index contributed by atoms with van der Waals surface area (Å²) >= 11 is 5.19. The van der Waals surface area contributed by atoms with Crippen LogP contribution in [0.3, 0.4) is 0 Å². The van der Waals surface area contributed by atoms with Crippen molar-refractivity contribution in [3.05, 3.63) is 27.7 Å². The number of thioether (sulfide) groups is 1.